The molecule has 9 nitrogen and oxygen atoms in total. The monoisotopic (exact) mass is 531 g/mol. The zero-order valence-corrected chi connectivity index (χ0v) is 21.2. The molecule has 2 aromatic carbocycles. The normalized spacial score (nSPS) is 15.6. The first-order valence-electron chi connectivity index (χ1n) is 11.4. The molecule has 1 aliphatic heterocycles. The standard InChI is InChI=1S/C26H21N5O4S2/c1-15-24(26(33)29-20-5-4-19-13-27-8-6-17(19)10-20)25(18-3-2-16-7-9-36-21(16)11-18)31-22(28-15)12-23(30-31)37(34,35)14-32/h2-13,25,28,32H,14H2,1H3,(H,29,33). The van der Waals surface area contributed by atoms with Crippen LogP contribution in [0.25, 0.3) is 20.9 Å². The molecule has 1 aliphatic rings. The molecular weight excluding hydrogens is 510 g/mol. The molecule has 6 rings (SSSR count). The molecule has 3 N–H and O–H groups in total. The Morgan fingerprint density at radius 1 is 1.11 bits per heavy atom. The Morgan fingerprint density at radius 2 is 1.95 bits per heavy atom. The summed E-state index contributed by atoms with van der Waals surface area (Å²) in [5.74, 6) is -0.995. The molecule has 0 saturated heterocycles. The van der Waals surface area contributed by atoms with E-state index in [0.717, 1.165) is 26.4 Å². The van der Waals surface area contributed by atoms with Crippen molar-refractivity contribution in [3.63, 3.8) is 0 Å². The molecule has 0 spiro atoms. The van der Waals surface area contributed by atoms with Crippen LogP contribution < -0.4 is 10.6 Å². The van der Waals surface area contributed by atoms with Gasteiger partial charge in [0.2, 0.25) is 9.84 Å². The van der Waals surface area contributed by atoms with Crippen molar-refractivity contribution in [3.8, 4) is 0 Å². The van der Waals surface area contributed by atoms with E-state index in [9.17, 15) is 18.3 Å². The molecule has 186 valence electrons. The molecule has 0 fully saturated rings. The largest absolute Gasteiger partial charge is 0.380 e. The lowest BCUT2D eigenvalue weighted by Crippen LogP contribution is -2.31. The number of benzene rings is 2. The Balaban J connectivity index is 1.46. The Hall–Kier alpha value is -4.06. The number of nitrogens with one attached hydrogen (secondary N) is 2. The third kappa shape index (κ3) is 4.06. The Bertz CT molecular complexity index is 1840. The van der Waals surface area contributed by atoms with Crippen LogP contribution in [0.15, 0.2) is 88.7 Å². The molecule has 11 heteroatoms. The van der Waals surface area contributed by atoms with E-state index in [-0.39, 0.29) is 10.9 Å². The van der Waals surface area contributed by atoms with E-state index in [1.165, 1.54) is 10.7 Å². The maximum absolute atomic E-state index is 13.8. The van der Waals surface area contributed by atoms with E-state index < -0.39 is 21.8 Å². The van der Waals surface area contributed by atoms with Gasteiger partial charge in [0, 0.05) is 39.9 Å². The van der Waals surface area contributed by atoms with Crippen molar-refractivity contribution >= 4 is 59.4 Å². The number of aliphatic hydroxyl groups is 1. The molecule has 3 aromatic heterocycles. The number of thiophene rings is 1. The number of anilines is 2. The fraction of sp³-hybridized carbons (Fsp3) is 0.115. The molecular formula is C26H21N5O4S2. The quantitative estimate of drug-likeness (QED) is 0.309. The summed E-state index contributed by atoms with van der Waals surface area (Å²) in [4.78, 5) is 17.9. The Labute approximate surface area is 216 Å². The summed E-state index contributed by atoms with van der Waals surface area (Å²) in [5, 5.41) is 24.5. The van der Waals surface area contributed by atoms with Gasteiger partial charge in [0.25, 0.3) is 5.91 Å². The molecule has 37 heavy (non-hydrogen) atoms. The van der Waals surface area contributed by atoms with Gasteiger partial charge in [0.15, 0.2) is 11.0 Å². The van der Waals surface area contributed by atoms with E-state index in [2.05, 4.69) is 20.7 Å². The van der Waals surface area contributed by atoms with Gasteiger partial charge in [-0.15, -0.1) is 11.3 Å². The maximum Gasteiger partial charge on any atom is 0.255 e. The summed E-state index contributed by atoms with van der Waals surface area (Å²) in [6.07, 6.45) is 3.45. The van der Waals surface area contributed by atoms with Crippen molar-refractivity contribution in [1.82, 2.24) is 14.8 Å². The number of pyridine rings is 1. The van der Waals surface area contributed by atoms with Crippen LogP contribution in [0.3, 0.4) is 0 Å². The molecule has 1 atom stereocenters. The predicted molar refractivity (Wildman–Crippen MR) is 143 cm³/mol. The molecule has 0 aliphatic carbocycles. The van der Waals surface area contributed by atoms with Crippen LogP contribution in [-0.2, 0) is 14.6 Å². The maximum atomic E-state index is 13.8. The van der Waals surface area contributed by atoms with Gasteiger partial charge < -0.3 is 15.7 Å². The number of allylic oxidation sites excluding steroid dienone is 1. The Morgan fingerprint density at radius 3 is 2.78 bits per heavy atom. The van der Waals surface area contributed by atoms with Gasteiger partial charge in [0.05, 0.1) is 5.57 Å². The molecule has 1 amide bonds. The lowest BCUT2D eigenvalue weighted by molar-refractivity contribution is -0.113. The molecule has 0 bridgehead atoms. The Kier molecular flexibility index (Phi) is 5.55. The van der Waals surface area contributed by atoms with Crippen LogP contribution in [0, 0.1) is 0 Å². The summed E-state index contributed by atoms with van der Waals surface area (Å²) in [5.41, 5.74) is 2.36. The number of aromatic nitrogens is 3. The zero-order chi connectivity index (χ0) is 25.7. The highest BCUT2D eigenvalue weighted by atomic mass is 32.2. The number of sulfone groups is 1. The summed E-state index contributed by atoms with van der Waals surface area (Å²) < 4.78 is 27.3. The number of hydrogen-bond donors (Lipinski definition) is 3. The number of carbonyl (C=O) groups is 1. The lowest BCUT2D eigenvalue weighted by Gasteiger charge is -2.29. The minimum Gasteiger partial charge on any atom is -0.380 e. The van der Waals surface area contributed by atoms with Gasteiger partial charge in [-0.3, -0.25) is 9.78 Å². The highest BCUT2D eigenvalue weighted by Gasteiger charge is 2.35. The number of fused-ring (bicyclic) bond motifs is 3. The first-order valence-corrected chi connectivity index (χ1v) is 13.9. The van der Waals surface area contributed by atoms with E-state index >= 15 is 0 Å². The highest BCUT2D eigenvalue weighted by Crippen LogP contribution is 2.39. The van der Waals surface area contributed by atoms with Gasteiger partial charge >= 0.3 is 0 Å². The van der Waals surface area contributed by atoms with E-state index in [0.29, 0.717) is 22.8 Å². The SMILES string of the molecule is CC1=C(C(=O)Nc2ccc3cnccc3c2)C(c2ccc3ccsc3c2)n2nc(S(=O)(=O)CO)cc2N1. The van der Waals surface area contributed by atoms with Gasteiger partial charge in [-0.25, -0.2) is 13.1 Å². The molecule has 0 saturated carbocycles. The van der Waals surface area contributed by atoms with Gasteiger partial charge in [0.1, 0.15) is 11.9 Å². The summed E-state index contributed by atoms with van der Waals surface area (Å²) in [7, 11) is -3.99. The van der Waals surface area contributed by atoms with Crippen molar-refractivity contribution in [2.24, 2.45) is 0 Å². The molecule has 0 radical (unpaired) electrons. The van der Waals surface area contributed by atoms with Crippen LogP contribution in [0.4, 0.5) is 11.5 Å². The second-order valence-electron chi connectivity index (χ2n) is 8.73. The van der Waals surface area contributed by atoms with Crippen LogP contribution in [-0.4, -0.2) is 40.1 Å². The van der Waals surface area contributed by atoms with Crippen LogP contribution >= 0.6 is 11.3 Å². The minimum absolute atomic E-state index is 0.266. The third-order valence-electron chi connectivity index (χ3n) is 6.38. The van der Waals surface area contributed by atoms with Crippen molar-refractivity contribution in [1.29, 1.82) is 0 Å². The van der Waals surface area contributed by atoms with Gasteiger partial charge in [-0.2, -0.15) is 5.10 Å². The second kappa shape index (κ2) is 8.80. The van der Waals surface area contributed by atoms with Crippen molar-refractivity contribution in [3.05, 3.63) is 89.2 Å². The van der Waals surface area contributed by atoms with E-state index in [1.807, 2.05) is 53.9 Å². The highest BCUT2D eigenvalue weighted by molar-refractivity contribution is 7.91. The zero-order valence-electron chi connectivity index (χ0n) is 19.5. The molecule has 4 heterocycles. The van der Waals surface area contributed by atoms with Crippen molar-refractivity contribution in [2.45, 2.75) is 18.0 Å². The van der Waals surface area contributed by atoms with Gasteiger partial charge in [-0.05, 0) is 59.0 Å². The van der Waals surface area contributed by atoms with Crippen molar-refractivity contribution in [2.75, 3.05) is 16.6 Å². The summed E-state index contributed by atoms with van der Waals surface area (Å²) >= 11 is 1.58. The molecule has 1 unspecified atom stereocenters. The van der Waals surface area contributed by atoms with Gasteiger partial charge in [-0.1, -0.05) is 18.2 Å². The summed E-state index contributed by atoms with van der Waals surface area (Å²) in [6, 6.07) is 16.0. The average molecular weight is 532 g/mol. The fourth-order valence-electron chi connectivity index (χ4n) is 4.57. The number of amides is 1. The fourth-order valence-corrected chi connectivity index (χ4v) is 6.04. The molecule has 5 aromatic rings. The van der Waals surface area contributed by atoms with Crippen LogP contribution in [0.1, 0.15) is 18.5 Å². The van der Waals surface area contributed by atoms with E-state index in [1.54, 1.807) is 30.7 Å². The topological polar surface area (TPSA) is 126 Å². The lowest BCUT2D eigenvalue weighted by atomic mass is 9.94. The number of nitrogens with zero attached hydrogens (tertiary/aromatic N) is 3. The smallest absolute Gasteiger partial charge is 0.255 e. The number of aliphatic hydroxyl groups excluding tert-OH is 1. The number of carbonyl (C=O) groups excluding carboxylic acids is 1. The average Bonchev–Trinajstić information content (AvgIpc) is 3.54. The second-order valence-corrected chi connectivity index (χ2v) is 11.6. The number of rotatable bonds is 5. The van der Waals surface area contributed by atoms with E-state index in [4.69, 9.17) is 0 Å². The third-order valence-corrected chi connectivity index (χ3v) is 8.43. The van der Waals surface area contributed by atoms with Crippen molar-refractivity contribution < 1.29 is 18.3 Å². The first kappa shape index (κ1) is 23.3. The predicted octanol–water partition coefficient (Wildman–Crippen LogP) is 4.30. The number of hydrogen-bond acceptors (Lipinski definition) is 8. The van der Waals surface area contributed by atoms with Crippen LogP contribution in [0.5, 0.6) is 0 Å². The summed E-state index contributed by atoms with van der Waals surface area (Å²) in [6.45, 7) is 1.77. The van der Waals surface area contributed by atoms with Crippen LogP contribution in [0.2, 0.25) is 0 Å². The minimum atomic E-state index is -3.99. The first-order chi connectivity index (χ1) is 17.8.